The summed E-state index contributed by atoms with van der Waals surface area (Å²) in [5.41, 5.74) is 5.67. The summed E-state index contributed by atoms with van der Waals surface area (Å²) in [5.74, 6) is 0. The number of halogens is 1. The van der Waals surface area contributed by atoms with Gasteiger partial charge in [-0.2, -0.15) is 0 Å². The first kappa shape index (κ1) is 29.1. The minimum absolute atomic E-state index is 0. The largest absolute Gasteiger partial charge is 0.254 e. The predicted molar refractivity (Wildman–Crippen MR) is 176 cm³/mol. The van der Waals surface area contributed by atoms with Gasteiger partial charge in [-0.25, -0.2) is 0 Å². The molecule has 0 aliphatic heterocycles. The maximum atomic E-state index is 6.17. The van der Waals surface area contributed by atoms with E-state index >= 15 is 0 Å². The molecule has 0 atom stereocenters. The molecule has 9 aromatic rings. The summed E-state index contributed by atoms with van der Waals surface area (Å²) in [5, 5.41) is 7.24. The Hall–Kier alpha value is -4.97. The third-order valence-corrected chi connectivity index (χ3v) is 7.41. The zero-order valence-electron chi connectivity index (χ0n) is 23.2. The number of hydrogen-bond acceptors (Lipinski definition) is 6. The molecule has 212 valence electrons. The van der Waals surface area contributed by atoms with E-state index in [1.807, 2.05) is 54.6 Å². The van der Waals surface area contributed by atoms with Gasteiger partial charge in [0.15, 0.2) is 0 Å². The molecule has 0 N–H and O–H groups in total. The van der Waals surface area contributed by atoms with Crippen LogP contribution in [0.25, 0.3) is 65.4 Å². The van der Waals surface area contributed by atoms with Crippen molar-refractivity contribution >= 4 is 77.0 Å². The van der Waals surface area contributed by atoms with Crippen LogP contribution in [0.15, 0.2) is 140 Å². The van der Waals surface area contributed by atoms with Crippen molar-refractivity contribution in [2.45, 2.75) is 0 Å². The fraction of sp³-hybridized carbons (Fsp3) is 0. The van der Waals surface area contributed by atoms with E-state index in [0.29, 0.717) is 0 Å². The predicted octanol–water partition coefficient (Wildman–Crippen LogP) is 9.00. The van der Waals surface area contributed by atoms with E-state index in [9.17, 15) is 0 Å². The van der Waals surface area contributed by atoms with E-state index in [0.717, 1.165) is 70.4 Å². The van der Waals surface area contributed by atoms with Crippen molar-refractivity contribution in [1.29, 1.82) is 0 Å². The molecule has 0 amide bonds. The van der Waals surface area contributed by atoms with Gasteiger partial charge in [0.25, 0.3) is 0 Å². The summed E-state index contributed by atoms with van der Waals surface area (Å²) < 4.78 is 0. The number of nitrogens with zero attached hydrogens (tertiary/aromatic N) is 6. The Labute approximate surface area is 270 Å². The van der Waals surface area contributed by atoms with E-state index in [4.69, 9.17) is 11.6 Å². The zero-order chi connectivity index (χ0) is 29.0. The second-order valence-electron chi connectivity index (χ2n) is 9.76. The molecule has 44 heavy (non-hydrogen) atoms. The van der Waals surface area contributed by atoms with Gasteiger partial charge in [0.2, 0.25) is 0 Å². The molecule has 0 aliphatic carbocycles. The van der Waals surface area contributed by atoms with E-state index in [1.165, 1.54) is 0 Å². The molecule has 6 aromatic heterocycles. The number of fused-ring (bicyclic) bond motifs is 9. The molecule has 9 rings (SSSR count). The Morgan fingerprint density at radius 1 is 0.341 bits per heavy atom. The third kappa shape index (κ3) is 5.80. The first-order valence-corrected chi connectivity index (χ1v) is 14.1. The van der Waals surface area contributed by atoms with Gasteiger partial charge in [-0.15, -0.1) is 0 Å². The summed E-state index contributed by atoms with van der Waals surface area (Å²) in [7, 11) is 0. The molecule has 0 saturated heterocycles. The Balaban J connectivity index is 0.000000116. The molecule has 0 aliphatic rings. The van der Waals surface area contributed by atoms with Gasteiger partial charge in [0, 0.05) is 89.0 Å². The Kier molecular flexibility index (Phi) is 8.69. The molecule has 0 saturated carbocycles. The van der Waals surface area contributed by atoms with E-state index < -0.39 is 0 Å². The van der Waals surface area contributed by atoms with Crippen LogP contribution in [-0.2, 0) is 19.5 Å². The van der Waals surface area contributed by atoms with Gasteiger partial charge in [0.05, 0.1) is 38.1 Å². The molecule has 3 aromatic carbocycles. The fourth-order valence-electron chi connectivity index (χ4n) is 5.09. The average Bonchev–Trinajstić information content (AvgIpc) is 3.09. The van der Waals surface area contributed by atoms with Crippen LogP contribution in [0.4, 0.5) is 0 Å². The topological polar surface area (TPSA) is 77.3 Å². The Morgan fingerprint density at radius 2 is 0.636 bits per heavy atom. The Bertz CT molecular complexity index is 2180. The van der Waals surface area contributed by atoms with Crippen molar-refractivity contribution in [2.75, 3.05) is 0 Å². The van der Waals surface area contributed by atoms with Crippen LogP contribution in [0, 0.1) is 0 Å². The smallest absolute Gasteiger partial charge is 0.0979 e. The normalized spacial score (nSPS) is 10.7. The summed E-state index contributed by atoms with van der Waals surface area (Å²) in [4.78, 5) is 26.0. The van der Waals surface area contributed by atoms with Crippen LogP contribution >= 0.6 is 11.6 Å². The molecule has 0 unspecified atom stereocenters. The number of aromatic nitrogens is 6. The summed E-state index contributed by atoms with van der Waals surface area (Å²) in [6, 6.07) is 33.9. The number of benzene rings is 3. The monoisotopic (exact) mass is 676 g/mol. The van der Waals surface area contributed by atoms with Crippen molar-refractivity contribution in [1.82, 2.24) is 29.9 Å². The number of rotatable bonds is 0. The standard InChI is InChI=1S/C12H7ClN2.2C12H8N2.Ru/c13-10-7-8-3-1-5-14-11(8)12-9(10)4-2-6-15-12;2*1-3-9-5-6-10-4-2-8-14-12(10)11(9)13-7-1;/h1-7H;2*1-8H;. The maximum absolute atomic E-state index is 6.17. The quantitative estimate of drug-likeness (QED) is 0.118. The molecular formula is C36H23ClN6Ru. The summed E-state index contributed by atoms with van der Waals surface area (Å²) in [6.45, 7) is 0. The minimum Gasteiger partial charge on any atom is -0.254 e. The zero-order valence-corrected chi connectivity index (χ0v) is 25.7. The second-order valence-corrected chi connectivity index (χ2v) is 10.2. The van der Waals surface area contributed by atoms with Gasteiger partial charge in [-0.05, 0) is 48.5 Å². The number of pyridine rings is 6. The molecule has 6 nitrogen and oxygen atoms in total. The molecule has 0 fully saturated rings. The van der Waals surface area contributed by atoms with E-state index in [2.05, 4.69) is 78.4 Å². The molecule has 8 heteroatoms. The van der Waals surface area contributed by atoms with Crippen molar-refractivity contribution in [3.8, 4) is 0 Å². The summed E-state index contributed by atoms with van der Waals surface area (Å²) in [6.07, 6.45) is 10.7. The van der Waals surface area contributed by atoms with Crippen molar-refractivity contribution in [2.24, 2.45) is 0 Å². The molecule has 0 radical (unpaired) electrons. The van der Waals surface area contributed by atoms with Crippen LogP contribution in [0.3, 0.4) is 0 Å². The Morgan fingerprint density at radius 3 is 1.02 bits per heavy atom. The van der Waals surface area contributed by atoms with Crippen LogP contribution < -0.4 is 0 Å². The van der Waals surface area contributed by atoms with Gasteiger partial charge >= 0.3 is 0 Å². The van der Waals surface area contributed by atoms with Crippen molar-refractivity contribution < 1.29 is 19.5 Å². The van der Waals surface area contributed by atoms with Crippen LogP contribution in [0.2, 0.25) is 5.02 Å². The molecular weight excluding hydrogens is 653 g/mol. The van der Waals surface area contributed by atoms with Gasteiger partial charge in [-0.1, -0.05) is 66.2 Å². The van der Waals surface area contributed by atoms with Crippen molar-refractivity contribution in [3.05, 3.63) is 145 Å². The first-order chi connectivity index (χ1) is 21.3. The SMILES string of the molecule is Clc1cc2cccnc2c2ncccc12.[Ru].c1cnc2c(c1)ccc1cccnc12.c1cnc2c(c1)ccc1cccnc12. The third-order valence-electron chi connectivity index (χ3n) is 7.10. The average molecular weight is 676 g/mol. The molecule has 0 spiro atoms. The summed E-state index contributed by atoms with van der Waals surface area (Å²) >= 11 is 6.17. The number of hydrogen-bond donors (Lipinski definition) is 0. The van der Waals surface area contributed by atoms with E-state index in [1.54, 1.807) is 37.2 Å². The van der Waals surface area contributed by atoms with Gasteiger partial charge in [-0.3, -0.25) is 29.9 Å². The fourth-order valence-corrected chi connectivity index (χ4v) is 5.36. The second kappa shape index (κ2) is 13.1. The molecule has 6 heterocycles. The molecule has 0 bridgehead atoms. The minimum atomic E-state index is 0. The maximum Gasteiger partial charge on any atom is 0.0979 e. The van der Waals surface area contributed by atoms with E-state index in [-0.39, 0.29) is 19.5 Å². The van der Waals surface area contributed by atoms with Crippen LogP contribution in [0.1, 0.15) is 0 Å². The first-order valence-electron chi connectivity index (χ1n) is 13.7. The van der Waals surface area contributed by atoms with Gasteiger partial charge in [0.1, 0.15) is 0 Å². The van der Waals surface area contributed by atoms with Gasteiger partial charge < -0.3 is 0 Å². The van der Waals surface area contributed by atoms with Crippen molar-refractivity contribution in [3.63, 3.8) is 0 Å². The van der Waals surface area contributed by atoms with Crippen LogP contribution in [-0.4, -0.2) is 29.9 Å². The van der Waals surface area contributed by atoms with Crippen LogP contribution in [0.5, 0.6) is 0 Å².